The smallest absolute Gasteiger partial charge is 0.322 e. The summed E-state index contributed by atoms with van der Waals surface area (Å²) >= 11 is 0. The van der Waals surface area contributed by atoms with Crippen molar-refractivity contribution in [2.45, 2.75) is 12.5 Å². The van der Waals surface area contributed by atoms with Crippen molar-refractivity contribution in [3.63, 3.8) is 0 Å². The van der Waals surface area contributed by atoms with Gasteiger partial charge in [0.15, 0.2) is 0 Å². The van der Waals surface area contributed by atoms with E-state index >= 15 is 0 Å². The minimum Gasteiger partial charge on any atom is -0.488 e. The molecule has 1 unspecified atom stereocenters. The van der Waals surface area contributed by atoms with Gasteiger partial charge in [0.1, 0.15) is 17.7 Å². The van der Waals surface area contributed by atoms with Crippen LogP contribution in [0.1, 0.15) is 6.42 Å². The van der Waals surface area contributed by atoms with Crippen LogP contribution in [0.25, 0.3) is 22.8 Å². The summed E-state index contributed by atoms with van der Waals surface area (Å²) in [6, 6.07) is 16.7. The van der Waals surface area contributed by atoms with Crippen molar-refractivity contribution in [2.24, 2.45) is 0 Å². The van der Waals surface area contributed by atoms with Gasteiger partial charge in [-0.25, -0.2) is 9.18 Å². The van der Waals surface area contributed by atoms with Gasteiger partial charge in [0.05, 0.1) is 17.8 Å². The summed E-state index contributed by atoms with van der Waals surface area (Å²) < 4.78 is 25.5. The van der Waals surface area contributed by atoms with Gasteiger partial charge in [-0.05, 0) is 36.4 Å². The van der Waals surface area contributed by atoms with Crippen molar-refractivity contribution in [3.8, 4) is 28.6 Å². The first kappa shape index (κ1) is 20.6. The number of urea groups is 1. The molecule has 3 heterocycles. The molecule has 2 aromatic carbocycles. The lowest BCUT2D eigenvalue weighted by molar-refractivity contribution is 0.195. The second-order valence-corrected chi connectivity index (χ2v) is 7.54. The van der Waals surface area contributed by atoms with Crippen molar-refractivity contribution >= 4 is 11.7 Å². The van der Waals surface area contributed by atoms with Crippen LogP contribution in [0.4, 0.5) is 14.9 Å². The molecule has 1 saturated heterocycles. The van der Waals surface area contributed by atoms with Gasteiger partial charge in [0.25, 0.3) is 5.89 Å². The third-order valence-corrected chi connectivity index (χ3v) is 5.32. The van der Waals surface area contributed by atoms with Gasteiger partial charge in [-0.1, -0.05) is 29.4 Å². The molecule has 1 aliphatic heterocycles. The van der Waals surface area contributed by atoms with Gasteiger partial charge in [-0.3, -0.25) is 4.98 Å². The Morgan fingerprint density at radius 2 is 1.88 bits per heavy atom. The topological polar surface area (TPSA) is 93.4 Å². The highest BCUT2D eigenvalue weighted by Gasteiger charge is 2.29. The molecule has 0 aliphatic carbocycles. The summed E-state index contributed by atoms with van der Waals surface area (Å²) in [5.41, 5.74) is 1.61. The molecule has 1 N–H and O–H groups in total. The number of anilines is 1. The number of hydrogen-bond acceptors (Lipinski definition) is 6. The average molecular weight is 445 g/mol. The second kappa shape index (κ2) is 9.07. The van der Waals surface area contributed by atoms with Gasteiger partial charge in [0.2, 0.25) is 5.82 Å². The molecule has 9 heteroatoms. The summed E-state index contributed by atoms with van der Waals surface area (Å²) in [4.78, 5) is 22.6. The highest BCUT2D eigenvalue weighted by atomic mass is 19.1. The van der Waals surface area contributed by atoms with Crippen LogP contribution in [0.2, 0.25) is 0 Å². The molecule has 8 nitrogen and oxygen atoms in total. The standard InChI is InChI=1S/C24H20FN5O3/c25-19-6-2-3-7-20(19)27-24(31)30-14-11-17(15-30)32-21-8-4-1-5-18(21)23-28-22(29-33-23)16-9-12-26-13-10-16/h1-10,12-13,17H,11,14-15H2,(H,27,31). The molecule has 2 amide bonds. The van der Waals surface area contributed by atoms with E-state index in [1.807, 2.05) is 24.3 Å². The van der Waals surface area contributed by atoms with Gasteiger partial charge in [0, 0.05) is 30.9 Å². The highest BCUT2D eigenvalue weighted by molar-refractivity contribution is 5.89. The largest absolute Gasteiger partial charge is 0.488 e. The molecular weight excluding hydrogens is 425 g/mol. The fourth-order valence-corrected chi connectivity index (χ4v) is 3.64. The summed E-state index contributed by atoms with van der Waals surface area (Å²) in [7, 11) is 0. The van der Waals surface area contributed by atoms with E-state index in [1.165, 1.54) is 12.1 Å². The Labute approximate surface area is 189 Å². The minimum atomic E-state index is -0.475. The number of benzene rings is 2. The van der Waals surface area contributed by atoms with E-state index in [9.17, 15) is 9.18 Å². The van der Waals surface area contributed by atoms with E-state index in [4.69, 9.17) is 9.26 Å². The number of likely N-dealkylation sites (tertiary alicyclic amines) is 1. The fraction of sp³-hybridized carbons (Fsp3) is 0.167. The number of para-hydroxylation sites is 2. The van der Waals surface area contributed by atoms with E-state index in [2.05, 4.69) is 20.4 Å². The number of pyridine rings is 1. The number of nitrogens with one attached hydrogen (secondary N) is 1. The number of carbonyl (C=O) groups is 1. The second-order valence-electron chi connectivity index (χ2n) is 7.54. The molecule has 1 aliphatic rings. The number of hydrogen-bond donors (Lipinski definition) is 1. The van der Waals surface area contributed by atoms with E-state index in [-0.39, 0.29) is 17.8 Å². The predicted octanol–water partition coefficient (Wildman–Crippen LogP) is 4.62. The van der Waals surface area contributed by atoms with Gasteiger partial charge in [-0.2, -0.15) is 4.98 Å². The summed E-state index contributed by atoms with van der Waals surface area (Å²) in [6.45, 7) is 0.876. The maximum absolute atomic E-state index is 13.8. The van der Waals surface area contributed by atoms with Crippen molar-refractivity contribution in [1.82, 2.24) is 20.0 Å². The Balaban J connectivity index is 1.27. The number of amides is 2. The molecule has 1 atom stereocenters. The first-order valence-corrected chi connectivity index (χ1v) is 10.5. The molecular formula is C24H20FN5O3. The van der Waals surface area contributed by atoms with E-state index in [0.29, 0.717) is 42.5 Å². The molecule has 4 aromatic rings. The van der Waals surface area contributed by atoms with E-state index in [1.54, 1.807) is 41.6 Å². The number of ether oxygens (including phenoxy) is 1. The van der Waals surface area contributed by atoms with Crippen LogP contribution in [0.15, 0.2) is 77.6 Å². The van der Waals surface area contributed by atoms with Crippen LogP contribution in [0.3, 0.4) is 0 Å². The fourth-order valence-electron chi connectivity index (χ4n) is 3.64. The molecule has 0 radical (unpaired) electrons. The van der Waals surface area contributed by atoms with Crippen molar-refractivity contribution < 1.29 is 18.4 Å². The van der Waals surface area contributed by atoms with Crippen LogP contribution in [0, 0.1) is 5.82 Å². The van der Waals surface area contributed by atoms with Gasteiger partial charge < -0.3 is 19.5 Å². The lowest BCUT2D eigenvalue weighted by atomic mass is 10.2. The number of carbonyl (C=O) groups excluding carboxylic acids is 1. The number of nitrogens with zero attached hydrogens (tertiary/aromatic N) is 4. The molecule has 0 saturated carbocycles. The van der Waals surface area contributed by atoms with Gasteiger partial charge >= 0.3 is 6.03 Å². The quantitative estimate of drug-likeness (QED) is 0.482. The maximum atomic E-state index is 13.8. The SMILES string of the molecule is O=C(Nc1ccccc1F)N1CCC(Oc2ccccc2-c2nc(-c3ccncc3)no2)C1. The first-order chi connectivity index (χ1) is 16.2. The van der Waals surface area contributed by atoms with Crippen molar-refractivity contribution in [3.05, 3.63) is 78.9 Å². The summed E-state index contributed by atoms with van der Waals surface area (Å²) in [5.74, 6) is 0.907. The van der Waals surface area contributed by atoms with Crippen molar-refractivity contribution in [1.29, 1.82) is 0 Å². The molecule has 0 spiro atoms. The van der Waals surface area contributed by atoms with Gasteiger partial charge in [-0.15, -0.1) is 0 Å². The number of rotatable bonds is 5. The number of halogens is 1. The maximum Gasteiger partial charge on any atom is 0.322 e. The minimum absolute atomic E-state index is 0.151. The zero-order chi connectivity index (χ0) is 22.6. The van der Waals surface area contributed by atoms with Crippen LogP contribution < -0.4 is 10.1 Å². The molecule has 166 valence electrons. The Kier molecular flexibility index (Phi) is 5.67. The first-order valence-electron chi connectivity index (χ1n) is 10.5. The molecule has 33 heavy (non-hydrogen) atoms. The van der Waals surface area contributed by atoms with Crippen LogP contribution >= 0.6 is 0 Å². The third kappa shape index (κ3) is 4.52. The zero-order valence-electron chi connectivity index (χ0n) is 17.5. The molecule has 5 rings (SSSR count). The third-order valence-electron chi connectivity index (χ3n) is 5.32. The lowest BCUT2D eigenvalue weighted by Gasteiger charge is -2.18. The highest BCUT2D eigenvalue weighted by Crippen LogP contribution is 2.32. The predicted molar refractivity (Wildman–Crippen MR) is 119 cm³/mol. The Hall–Kier alpha value is -4.27. The van der Waals surface area contributed by atoms with Crippen LogP contribution in [-0.2, 0) is 0 Å². The summed E-state index contributed by atoms with van der Waals surface area (Å²) in [5, 5.41) is 6.67. The normalized spacial score (nSPS) is 15.4. The molecule has 1 fully saturated rings. The van der Waals surface area contributed by atoms with Crippen LogP contribution in [0.5, 0.6) is 5.75 Å². The number of aromatic nitrogens is 3. The average Bonchev–Trinajstić information content (AvgIpc) is 3.52. The zero-order valence-corrected chi connectivity index (χ0v) is 17.5. The summed E-state index contributed by atoms with van der Waals surface area (Å²) in [6.07, 6.45) is 3.75. The molecule has 0 bridgehead atoms. The Morgan fingerprint density at radius 3 is 2.73 bits per heavy atom. The van der Waals surface area contributed by atoms with E-state index in [0.717, 1.165) is 5.56 Å². The van der Waals surface area contributed by atoms with E-state index < -0.39 is 5.82 Å². The lowest BCUT2D eigenvalue weighted by Crippen LogP contribution is -2.34. The molecule has 2 aromatic heterocycles. The van der Waals surface area contributed by atoms with Crippen molar-refractivity contribution in [2.75, 3.05) is 18.4 Å². The Bertz CT molecular complexity index is 1260. The monoisotopic (exact) mass is 445 g/mol. The Morgan fingerprint density at radius 1 is 1.09 bits per heavy atom. The van der Waals surface area contributed by atoms with Crippen LogP contribution in [-0.4, -0.2) is 45.2 Å².